The van der Waals surface area contributed by atoms with Crippen molar-refractivity contribution in [3.05, 3.63) is 30.3 Å². The first kappa shape index (κ1) is 10.9. The molecule has 0 bridgehead atoms. The van der Waals surface area contributed by atoms with E-state index in [2.05, 4.69) is 0 Å². The molecule has 0 saturated carbocycles. The summed E-state index contributed by atoms with van der Waals surface area (Å²) in [5.74, 6) is -1.95. The minimum absolute atomic E-state index is 0.198. The Morgan fingerprint density at radius 2 is 1.94 bits per heavy atom. The Kier molecular flexibility index (Phi) is 2.59. The largest absolute Gasteiger partial charge is 0.471 e. The zero-order chi connectivity index (χ0) is 11.8. The number of rotatable bonds is 1. The van der Waals surface area contributed by atoms with Gasteiger partial charge in [0.15, 0.2) is 0 Å². The number of hydrogen-bond donors (Lipinski definition) is 1. The van der Waals surface area contributed by atoms with Crippen molar-refractivity contribution in [1.82, 2.24) is 0 Å². The first-order valence-corrected chi connectivity index (χ1v) is 5.15. The topological polar surface area (TPSA) is 29.1 Å². The molecule has 0 aliphatic rings. The molecular formula is C10H6F3NOS. The smallest absolute Gasteiger partial charge is 0.310 e. The van der Waals surface area contributed by atoms with Gasteiger partial charge >= 0.3 is 12.1 Å². The number of carbonyl (C=O) groups excluding carboxylic acids is 1. The van der Waals surface area contributed by atoms with E-state index >= 15 is 0 Å². The Balaban J connectivity index is 2.25. The second-order valence-electron chi connectivity index (χ2n) is 3.10. The fourth-order valence-electron chi connectivity index (χ4n) is 1.23. The summed E-state index contributed by atoms with van der Waals surface area (Å²) in [4.78, 5) is 10.7. The predicted molar refractivity (Wildman–Crippen MR) is 56.5 cm³/mol. The number of carbonyl (C=O) groups is 1. The van der Waals surface area contributed by atoms with Crippen LogP contribution in [-0.4, -0.2) is 12.1 Å². The summed E-state index contributed by atoms with van der Waals surface area (Å²) in [6.45, 7) is 0. The second-order valence-corrected chi connectivity index (χ2v) is 4.18. The van der Waals surface area contributed by atoms with Crippen LogP contribution >= 0.6 is 11.3 Å². The molecule has 0 aliphatic carbocycles. The SMILES string of the molecule is O=C(Nc1cc2ccccc2s1)C(F)(F)F. The maximum atomic E-state index is 12.0. The summed E-state index contributed by atoms with van der Waals surface area (Å²) in [5.41, 5.74) is 0. The summed E-state index contributed by atoms with van der Waals surface area (Å²) in [6.07, 6.45) is -4.85. The highest BCUT2D eigenvalue weighted by atomic mass is 32.1. The molecule has 0 saturated heterocycles. The Hall–Kier alpha value is -1.56. The van der Waals surface area contributed by atoms with E-state index in [-0.39, 0.29) is 5.00 Å². The number of anilines is 1. The summed E-state index contributed by atoms with van der Waals surface area (Å²) in [7, 11) is 0. The van der Waals surface area contributed by atoms with Crippen LogP contribution in [0.4, 0.5) is 18.2 Å². The van der Waals surface area contributed by atoms with Crippen LogP contribution in [0.1, 0.15) is 0 Å². The average Bonchev–Trinajstić information content (AvgIpc) is 2.58. The Bertz CT molecular complexity index is 499. The molecule has 2 nitrogen and oxygen atoms in total. The molecule has 0 fully saturated rings. The first-order valence-electron chi connectivity index (χ1n) is 4.33. The third-order valence-electron chi connectivity index (χ3n) is 1.92. The summed E-state index contributed by atoms with van der Waals surface area (Å²) in [5, 5.41) is 2.83. The lowest BCUT2D eigenvalue weighted by atomic mass is 10.3. The van der Waals surface area contributed by atoms with Crippen LogP contribution in [0.15, 0.2) is 30.3 Å². The number of hydrogen-bond acceptors (Lipinski definition) is 2. The molecular weight excluding hydrogens is 239 g/mol. The molecule has 0 unspecified atom stereocenters. The number of halogens is 3. The quantitative estimate of drug-likeness (QED) is 0.819. The van der Waals surface area contributed by atoms with Crippen LogP contribution in [0.25, 0.3) is 10.1 Å². The van der Waals surface area contributed by atoms with E-state index in [4.69, 9.17) is 0 Å². The van der Waals surface area contributed by atoms with Crippen LogP contribution < -0.4 is 5.32 Å². The van der Waals surface area contributed by atoms with E-state index in [1.807, 2.05) is 5.32 Å². The van der Waals surface area contributed by atoms with Crippen molar-refractivity contribution in [3.63, 3.8) is 0 Å². The van der Waals surface area contributed by atoms with Crippen molar-refractivity contribution < 1.29 is 18.0 Å². The third-order valence-corrected chi connectivity index (χ3v) is 2.95. The van der Waals surface area contributed by atoms with Crippen molar-refractivity contribution in [2.75, 3.05) is 5.32 Å². The number of alkyl halides is 3. The van der Waals surface area contributed by atoms with Crippen LogP contribution in [0.5, 0.6) is 0 Å². The predicted octanol–water partition coefficient (Wildman–Crippen LogP) is 3.40. The summed E-state index contributed by atoms with van der Waals surface area (Å²) >= 11 is 1.11. The van der Waals surface area contributed by atoms with Gasteiger partial charge in [0.1, 0.15) is 0 Å². The van der Waals surface area contributed by atoms with Crippen molar-refractivity contribution in [3.8, 4) is 0 Å². The van der Waals surface area contributed by atoms with Gasteiger partial charge in [0.25, 0.3) is 0 Å². The Morgan fingerprint density at radius 3 is 2.56 bits per heavy atom. The number of fused-ring (bicyclic) bond motifs is 1. The molecule has 0 spiro atoms. The normalized spacial score (nSPS) is 11.7. The van der Waals surface area contributed by atoms with Crippen molar-refractivity contribution in [2.24, 2.45) is 0 Å². The zero-order valence-corrected chi connectivity index (χ0v) is 8.65. The molecule has 1 amide bonds. The van der Waals surface area contributed by atoms with Gasteiger partial charge in [-0.15, -0.1) is 11.3 Å². The van der Waals surface area contributed by atoms with Crippen LogP contribution in [0.2, 0.25) is 0 Å². The molecule has 2 rings (SSSR count). The van der Waals surface area contributed by atoms with Crippen molar-refractivity contribution in [1.29, 1.82) is 0 Å². The molecule has 0 atom stereocenters. The van der Waals surface area contributed by atoms with Crippen molar-refractivity contribution in [2.45, 2.75) is 6.18 Å². The van der Waals surface area contributed by atoms with Gasteiger partial charge in [-0.3, -0.25) is 4.79 Å². The summed E-state index contributed by atoms with van der Waals surface area (Å²) in [6, 6.07) is 8.64. The van der Waals surface area contributed by atoms with Crippen LogP contribution in [-0.2, 0) is 4.79 Å². The molecule has 2 aromatic rings. The minimum Gasteiger partial charge on any atom is -0.310 e. The molecule has 1 N–H and O–H groups in total. The molecule has 6 heteroatoms. The van der Waals surface area contributed by atoms with E-state index in [0.717, 1.165) is 21.4 Å². The van der Waals surface area contributed by atoms with Crippen LogP contribution in [0, 0.1) is 0 Å². The zero-order valence-electron chi connectivity index (χ0n) is 7.84. The van der Waals surface area contributed by atoms with Crippen molar-refractivity contribution >= 4 is 32.3 Å². The highest BCUT2D eigenvalue weighted by Crippen LogP contribution is 2.30. The highest BCUT2D eigenvalue weighted by molar-refractivity contribution is 7.22. The number of benzene rings is 1. The van der Waals surface area contributed by atoms with Gasteiger partial charge in [0.2, 0.25) is 0 Å². The maximum Gasteiger partial charge on any atom is 0.471 e. The van der Waals surface area contributed by atoms with Gasteiger partial charge in [-0.1, -0.05) is 18.2 Å². The number of amides is 1. The minimum atomic E-state index is -4.85. The molecule has 84 valence electrons. The van der Waals surface area contributed by atoms with E-state index in [1.54, 1.807) is 24.3 Å². The lowest BCUT2D eigenvalue weighted by Crippen LogP contribution is -2.29. The monoisotopic (exact) mass is 245 g/mol. The van der Waals surface area contributed by atoms with E-state index in [0.29, 0.717) is 0 Å². The fraction of sp³-hybridized carbons (Fsp3) is 0.100. The lowest BCUT2D eigenvalue weighted by Gasteiger charge is -2.04. The average molecular weight is 245 g/mol. The molecule has 0 aliphatic heterocycles. The lowest BCUT2D eigenvalue weighted by molar-refractivity contribution is -0.167. The van der Waals surface area contributed by atoms with Gasteiger partial charge in [-0.25, -0.2) is 0 Å². The number of thiophene rings is 1. The van der Waals surface area contributed by atoms with Gasteiger partial charge in [-0.05, 0) is 17.5 Å². The molecule has 16 heavy (non-hydrogen) atoms. The standard InChI is InChI=1S/C10H6F3NOS/c11-10(12,13)9(15)14-8-5-6-3-1-2-4-7(6)16-8/h1-5H,(H,14,15). The van der Waals surface area contributed by atoms with Gasteiger partial charge in [0.05, 0.1) is 5.00 Å². The molecule has 1 aromatic carbocycles. The highest BCUT2D eigenvalue weighted by Gasteiger charge is 2.38. The number of nitrogens with one attached hydrogen (secondary N) is 1. The molecule has 1 aromatic heterocycles. The second kappa shape index (κ2) is 3.79. The van der Waals surface area contributed by atoms with E-state index in [1.165, 1.54) is 6.07 Å². The van der Waals surface area contributed by atoms with Gasteiger partial charge in [0, 0.05) is 4.70 Å². The Morgan fingerprint density at radius 1 is 1.25 bits per heavy atom. The summed E-state index contributed by atoms with van der Waals surface area (Å²) < 4.78 is 36.8. The van der Waals surface area contributed by atoms with Gasteiger partial charge in [-0.2, -0.15) is 13.2 Å². The Labute approximate surface area is 92.7 Å². The van der Waals surface area contributed by atoms with E-state index < -0.39 is 12.1 Å². The van der Waals surface area contributed by atoms with E-state index in [9.17, 15) is 18.0 Å². The first-order chi connectivity index (χ1) is 7.47. The third kappa shape index (κ3) is 2.16. The van der Waals surface area contributed by atoms with Crippen LogP contribution in [0.3, 0.4) is 0 Å². The fourth-order valence-corrected chi connectivity index (χ4v) is 2.18. The molecule has 0 radical (unpaired) electrons. The molecule has 1 heterocycles. The maximum absolute atomic E-state index is 12.0. The van der Waals surface area contributed by atoms with Gasteiger partial charge < -0.3 is 5.32 Å².